The molecule has 4 rings (SSSR count). The zero-order chi connectivity index (χ0) is 23.2. The van der Waals surface area contributed by atoms with Gasteiger partial charge in [-0.15, -0.1) is 11.8 Å². The lowest BCUT2D eigenvalue weighted by Gasteiger charge is -2.27. The van der Waals surface area contributed by atoms with Gasteiger partial charge in [0, 0.05) is 36.3 Å². The molecule has 1 aromatic heterocycles. The Balaban J connectivity index is 1.49. The molecule has 3 aromatic rings. The van der Waals surface area contributed by atoms with E-state index in [2.05, 4.69) is 35.9 Å². The van der Waals surface area contributed by atoms with Crippen LogP contribution in [0.3, 0.4) is 0 Å². The fourth-order valence-electron chi connectivity index (χ4n) is 3.85. The van der Waals surface area contributed by atoms with Crippen LogP contribution in [-0.4, -0.2) is 60.4 Å². The lowest BCUT2D eigenvalue weighted by atomic mass is 10.1. The van der Waals surface area contributed by atoms with Crippen LogP contribution in [0.5, 0.6) is 0 Å². The minimum Gasteiger partial charge on any atom is -0.379 e. The highest BCUT2D eigenvalue weighted by molar-refractivity contribution is 7.99. The number of para-hydroxylation sites is 1. The van der Waals surface area contributed by atoms with Gasteiger partial charge in [-0.2, -0.15) is 0 Å². The van der Waals surface area contributed by atoms with Crippen molar-refractivity contribution in [1.29, 1.82) is 0 Å². The van der Waals surface area contributed by atoms with E-state index in [-0.39, 0.29) is 11.7 Å². The first-order valence-corrected chi connectivity index (χ1v) is 13.1. The van der Waals surface area contributed by atoms with Crippen LogP contribution in [0.25, 0.3) is 10.2 Å². The highest BCUT2D eigenvalue weighted by Gasteiger charge is 2.21. The molecule has 2 heterocycles. The van der Waals surface area contributed by atoms with Crippen LogP contribution >= 0.6 is 23.1 Å². The number of thioether (sulfide) groups is 1. The van der Waals surface area contributed by atoms with Gasteiger partial charge in [-0.25, -0.2) is 9.37 Å². The number of hydrogen-bond donors (Lipinski definition) is 0. The van der Waals surface area contributed by atoms with E-state index in [1.807, 2.05) is 18.2 Å². The maximum absolute atomic E-state index is 14.3. The largest absolute Gasteiger partial charge is 0.379 e. The number of amides is 1. The second-order valence-electron chi connectivity index (χ2n) is 8.42. The number of morpholine rings is 1. The second kappa shape index (κ2) is 11.4. The molecule has 2 aromatic carbocycles. The number of benzene rings is 2. The van der Waals surface area contributed by atoms with Crippen molar-refractivity contribution in [2.45, 2.75) is 36.8 Å². The summed E-state index contributed by atoms with van der Waals surface area (Å²) in [4.78, 5) is 23.2. The van der Waals surface area contributed by atoms with E-state index in [1.54, 1.807) is 22.7 Å². The Bertz CT molecular complexity index is 1070. The Morgan fingerprint density at radius 1 is 1.21 bits per heavy atom. The number of nitrogens with zero attached hydrogens (tertiary/aromatic N) is 3. The van der Waals surface area contributed by atoms with Gasteiger partial charge in [0.15, 0.2) is 5.13 Å². The molecule has 0 bridgehead atoms. The van der Waals surface area contributed by atoms with E-state index < -0.39 is 0 Å². The SMILES string of the molecule is CC(C)Sc1ccc(CC(=O)N(CCCN2CCOCC2)c2nc3c(F)cccc3s2)cc1. The number of hydrogen-bond acceptors (Lipinski definition) is 6. The van der Waals surface area contributed by atoms with Crippen LogP contribution in [-0.2, 0) is 16.0 Å². The molecule has 1 saturated heterocycles. The molecule has 0 unspecified atom stereocenters. The lowest BCUT2D eigenvalue weighted by molar-refractivity contribution is -0.118. The topological polar surface area (TPSA) is 45.7 Å². The molecule has 1 fully saturated rings. The third-order valence-electron chi connectivity index (χ3n) is 5.50. The zero-order valence-corrected chi connectivity index (χ0v) is 20.8. The van der Waals surface area contributed by atoms with Crippen LogP contribution in [0.15, 0.2) is 47.4 Å². The van der Waals surface area contributed by atoms with Gasteiger partial charge < -0.3 is 4.74 Å². The van der Waals surface area contributed by atoms with Gasteiger partial charge in [-0.3, -0.25) is 14.6 Å². The van der Waals surface area contributed by atoms with E-state index >= 15 is 0 Å². The predicted octanol–water partition coefficient (Wildman–Crippen LogP) is 5.23. The number of carbonyl (C=O) groups is 1. The van der Waals surface area contributed by atoms with Crippen molar-refractivity contribution < 1.29 is 13.9 Å². The van der Waals surface area contributed by atoms with Crippen molar-refractivity contribution in [3.63, 3.8) is 0 Å². The molecule has 1 aliphatic rings. The molecule has 1 aliphatic heterocycles. The van der Waals surface area contributed by atoms with E-state index in [4.69, 9.17) is 4.74 Å². The number of thiazole rings is 1. The number of aromatic nitrogens is 1. The zero-order valence-electron chi connectivity index (χ0n) is 19.1. The molecule has 33 heavy (non-hydrogen) atoms. The van der Waals surface area contributed by atoms with E-state index in [9.17, 15) is 9.18 Å². The van der Waals surface area contributed by atoms with Crippen LogP contribution in [0.1, 0.15) is 25.8 Å². The monoisotopic (exact) mass is 487 g/mol. The highest BCUT2D eigenvalue weighted by Crippen LogP contribution is 2.31. The maximum Gasteiger partial charge on any atom is 0.233 e. The van der Waals surface area contributed by atoms with Gasteiger partial charge in [-0.1, -0.05) is 43.4 Å². The van der Waals surface area contributed by atoms with Gasteiger partial charge in [0.25, 0.3) is 0 Å². The summed E-state index contributed by atoms with van der Waals surface area (Å²) in [7, 11) is 0. The standard InChI is InChI=1S/C25H30FN3O2S2/c1-18(2)32-20-9-7-19(8-10-20)17-23(30)29(12-4-11-28-13-15-31-16-14-28)25-27-24-21(26)5-3-6-22(24)33-25/h3,5-10,18H,4,11-17H2,1-2H3. The van der Waals surface area contributed by atoms with E-state index in [0.29, 0.717) is 28.9 Å². The van der Waals surface area contributed by atoms with Crippen LogP contribution < -0.4 is 4.90 Å². The number of ether oxygens (including phenoxy) is 1. The lowest BCUT2D eigenvalue weighted by Crippen LogP contribution is -2.39. The van der Waals surface area contributed by atoms with Gasteiger partial charge >= 0.3 is 0 Å². The number of halogens is 1. The molecule has 0 atom stereocenters. The fourth-order valence-corrected chi connectivity index (χ4v) is 5.71. The number of rotatable bonds is 9. The first kappa shape index (κ1) is 24.1. The Hall–Kier alpha value is -2.00. The summed E-state index contributed by atoms with van der Waals surface area (Å²) < 4.78 is 20.4. The molecule has 0 radical (unpaired) electrons. The molecule has 8 heteroatoms. The average Bonchev–Trinajstić information content (AvgIpc) is 3.23. The second-order valence-corrected chi connectivity index (χ2v) is 11.1. The smallest absolute Gasteiger partial charge is 0.233 e. The quantitative estimate of drug-likeness (QED) is 0.387. The summed E-state index contributed by atoms with van der Waals surface area (Å²) >= 11 is 3.18. The Morgan fingerprint density at radius 2 is 1.97 bits per heavy atom. The van der Waals surface area contributed by atoms with Crippen molar-refractivity contribution in [2.24, 2.45) is 0 Å². The average molecular weight is 488 g/mol. The van der Waals surface area contributed by atoms with Gasteiger partial charge in [0.1, 0.15) is 11.3 Å². The third-order valence-corrected chi connectivity index (χ3v) is 7.56. The van der Waals surface area contributed by atoms with Gasteiger partial charge in [0.05, 0.1) is 24.3 Å². The molecule has 0 spiro atoms. The van der Waals surface area contributed by atoms with Crippen LogP contribution in [0.4, 0.5) is 9.52 Å². The predicted molar refractivity (Wildman–Crippen MR) is 135 cm³/mol. The van der Waals surface area contributed by atoms with Crippen molar-refractivity contribution in [3.8, 4) is 0 Å². The third kappa shape index (κ3) is 6.53. The van der Waals surface area contributed by atoms with Crippen LogP contribution in [0, 0.1) is 5.82 Å². The molecule has 1 amide bonds. The molecular formula is C25H30FN3O2S2. The Labute approximate surface area is 202 Å². The Kier molecular flexibility index (Phi) is 8.35. The van der Waals surface area contributed by atoms with Crippen molar-refractivity contribution >= 4 is 44.4 Å². The minimum atomic E-state index is -0.353. The summed E-state index contributed by atoms with van der Waals surface area (Å²) in [6, 6.07) is 13.1. The summed E-state index contributed by atoms with van der Waals surface area (Å²) in [6.07, 6.45) is 1.12. The number of anilines is 1. The molecule has 0 N–H and O–H groups in total. The summed E-state index contributed by atoms with van der Waals surface area (Å²) in [5, 5.41) is 1.08. The summed E-state index contributed by atoms with van der Waals surface area (Å²) in [5.41, 5.74) is 1.30. The normalized spacial score (nSPS) is 14.8. The number of fused-ring (bicyclic) bond motifs is 1. The van der Waals surface area contributed by atoms with Gasteiger partial charge in [-0.05, 0) is 36.2 Å². The van der Waals surface area contributed by atoms with E-state index in [0.717, 1.165) is 49.5 Å². The van der Waals surface area contributed by atoms with Crippen molar-refractivity contribution in [2.75, 3.05) is 44.3 Å². The molecule has 176 valence electrons. The van der Waals surface area contributed by atoms with Crippen LogP contribution in [0.2, 0.25) is 0 Å². The van der Waals surface area contributed by atoms with Gasteiger partial charge in [0.2, 0.25) is 5.91 Å². The summed E-state index contributed by atoms with van der Waals surface area (Å²) in [5.74, 6) is -0.366. The maximum atomic E-state index is 14.3. The molecular weight excluding hydrogens is 457 g/mol. The minimum absolute atomic E-state index is 0.0132. The molecule has 5 nitrogen and oxygen atoms in total. The molecule has 0 saturated carbocycles. The van der Waals surface area contributed by atoms with Crippen molar-refractivity contribution in [1.82, 2.24) is 9.88 Å². The first-order valence-electron chi connectivity index (χ1n) is 11.4. The summed E-state index contributed by atoms with van der Waals surface area (Å²) in [6.45, 7) is 9.12. The first-order chi connectivity index (χ1) is 16.0. The Morgan fingerprint density at radius 3 is 2.67 bits per heavy atom. The number of carbonyl (C=O) groups excluding carboxylic acids is 1. The van der Waals surface area contributed by atoms with E-state index in [1.165, 1.54) is 22.3 Å². The van der Waals surface area contributed by atoms with Crippen molar-refractivity contribution in [3.05, 3.63) is 53.8 Å². The fraction of sp³-hybridized carbons (Fsp3) is 0.440. The molecule has 0 aliphatic carbocycles. The highest BCUT2D eigenvalue weighted by atomic mass is 32.2.